The third-order valence-electron chi connectivity index (χ3n) is 2.60. The molecule has 0 saturated carbocycles. The number of imide groups is 1. The maximum atomic E-state index is 11.9. The van der Waals surface area contributed by atoms with Crippen molar-refractivity contribution >= 4 is 23.9 Å². The summed E-state index contributed by atoms with van der Waals surface area (Å²) < 4.78 is 4.96. The van der Waals surface area contributed by atoms with Crippen LogP contribution in [0.1, 0.15) is 40.5 Å². The Morgan fingerprint density at radius 1 is 1.23 bits per heavy atom. The SMILES string of the molecule is C[C@@H](O)C(NC(=O)OC(C)(C)C)C(=O)ON1C(=O)CCC1=O. The van der Waals surface area contributed by atoms with Gasteiger partial charge in [-0.15, -0.1) is 5.06 Å². The molecule has 124 valence electrons. The third kappa shape index (κ3) is 4.99. The minimum Gasteiger partial charge on any atom is -0.444 e. The molecule has 0 aliphatic carbocycles. The molecule has 1 aliphatic heterocycles. The van der Waals surface area contributed by atoms with Crippen LogP contribution in [0, 0.1) is 0 Å². The van der Waals surface area contributed by atoms with Gasteiger partial charge in [-0.3, -0.25) is 9.59 Å². The van der Waals surface area contributed by atoms with Crippen molar-refractivity contribution in [2.75, 3.05) is 0 Å². The second-order valence-corrected chi connectivity index (χ2v) is 5.86. The Bertz CT molecular complexity index is 465. The van der Waals surface area contributed by atoms with Crippen LogP contribution >= 0.6 is 0 Å². The Hall–Kier alpha value is -2.16. The molecule has 1 aliphatic rings. The molecule has 1 saturated heterocycles. The number of alkyl carbamates (subject to hydrolysis) is 1. The van der Waals surface area contributed by atoms with Crippen LogP contribution in [0.3, 0.4) is 0 Å². The fourth-order valence-electron chi connectivity index (χ4n) is 1.62. The van der Waals surface area contributed by atoms with Crippen LogP contribution in [0.15, 0.2) is 0 Å². The molecule has 0 spiro atoms. The van der Waals surface area contributed by atoms with E-state index in [4.69, 9.17) is 4.74 Å². The molecule has 1 rings (SSSR count). The number of aliphatic hydroxyl groups is 1. The number of carbonyl (C=O) groups is 4. The van der Waals surface area contributed by atoms with E-state index in [-0.39, 0.29) is 12.8 Å². The Morgan fingerprint density at radius 2 is 1.73 bits per heavy atom. The molecule has 1 fully saturated rings. The van der Waals surface area contributed by atoms with Gasteiger partial charge in [-0.1, -0.05) is 0 Å². The molecule has 2 atom stereocenters. The van der Waals surface area contributed by atoms with Gasteiger partial charge in [0.05, 0.1) is 6.10 Å². The van der Waals surface area contributed by atoms with Crippen molar-refractivity contribution in [2.24, 2.45) is 0 Å². The van der Waals surface area contributed by atoms with Crippen molar-refractivity contribution < 1.29 is 33.9 Å². The highest BCUT2D eigenvalue weighted by Gasteiger charge is 2.37. The van der Waals surface area contributed by atoms with Crippen molar-refractivity contribution in [3.8, 4) is 0 Å². The van der Waals surface area contributed by atoms with Crippen molar-refractivity contribution in [1.82, 2.24) is 10.4 Å². The van der Waals surface area contributed by atoms with Gasteiger partial charge in [-0.25, -0.2) is 9.59 Å². The fraction of sp³-hybridized carbons (Fsp3) is 0.692. The van der Waals surface area contributed by atoms with Gasteiger partial charge in [0.25, 0.3) is 11.8 Å². The molecule has 0 aromatic rings. The van der Waals surface area contributed by atoms with Gasteiger partial charge in [0.15, 0.2) is 6.04 Å². The molecule has 9 heteroatoms. The topological polar surface area (TPSA) is 122 Å². The first-order chi connectivity index (χ1) is 10.0. The lowest BCUT2D eigenvalue weighted by Gasteiger charge is -2.24. The number of hydrogen-bond donors (Lipinski definition) is 2. The summed E-state index contributed by atoms with van der Waals surface area (Å²) in [6, 6.07) is -1.48. The molecular formula is C13H20N2O7. The lowest BCUT2D eigenvalue weighted by atomic mass is 10.2. The zero-order valence-corrected chi connectivity index (χ0v) is 12.9. The van der Waals surface area contributed by atoms with Crippen molar-refractivity contribution in [2.45, 2.75) is 58.3 Å². The lowest BCUT2D eigenvalue weighted by molar-refractivity contribution is -0.200. The highest BCUT2D eigenvalue weighted by molar-refractivity contribution is 6.01. The van der Waals surface area contributed by atoms with Gasteiger partial charge in [0, 0.05) is 12.8 Å². The number of rotatable bonds is 4. The molecule has 3 amide bonds. The molecule has 2 N–H and O–H groups in total. The first-order valence-electron chi connectivity index (χ1n) is 6.76. The smallest absolute Gasteiger partial charge is 0.408 e. The summed E-state index contributed by atoms with van der Waals surface area (Å²) in [4.78, 5) is 51.0. The van der Waals surface area contributed by atoms with E-state index in [0.717, 1.165) is 0 Å². The van der Waals surface area contributed by atoms with Gasteiger partial charge in [-0.2, -0.15) is 0 Å². The molecule has 0 aromatic carbocycles. The van der Waals surface area contributed by atoms with E-state index < -0.39 is 41.6 Å². The first-order valence-corrected chi connectivity index (χ1v) is 6.76. The number of hydroxylamine groups is 2. The summed E-state index contributed by atoms with van der Waals surface area (Å²) >= 11 is 0. The van der Waals surface area contributed by atoms with Gasteiger partial charge in [0.2, 0.25) is 0 Å². The molecule has 1 heterocycles. The van der Waals surface area contributed by atoms with Gasteiger partial charge in [0.1, 0.15) is 5.60 Å². The van der Waals surface area contributed by atoms with E-state index in [1.807, 2.05) is 0 Å². The second-order valence-electron chi connectivity index (χ2n) is 5.86. The van der Waals surface area contributed by atoms with Crippen LogP contribution in [0.5, 0.6) is 0 Å². The standard InChI is InChI=1S/C13H20N2O7/c1-7(16)10(14-12(20)21-13(2,3)4)11(19)22-15-8(17)5-6-9(15)18/h7,10,16H,5-6H2,1-4H3,(H,14,20)/t7-,10?/m1/s1. The molecule has 0 bridgehead atoms. The summed E-state index contributed by atoms with van der Waals surface area (Å²) in [7, 11) is 0. The summed E-state index contributed by atoms with van der Waals surface area (Å²) in [6.45, 7) is 6.13. The van der Waals surface area contributed by atoms with Crippen LogP contribution < -0.4 is 5.32 Å². The van der Waals surface area contributed by atoms with E-state index in [0.29, 0.717) is 5.06 Å². The molecule has 22 heavy (non-hydrogen) atoms. The number of nitrogens with one attached hydrogen (secondary N) is 1. The number of nitrogens with zero attached hydrogens (tertiary/aromatic N) is 1. The molecule has 0 aromatic heterocycles. The molecular weight excluding hydrogens is 296 g/mol. The molecule has 0 radical (unpaired) electrons. The van der Waals surface area contributed by atoms with Gasteiger partial charge >= 0.3 is 12.1 Å². The summed E-state index contributed by atoms with van der Waals surface area (Å²) in [5, 5.41) is 12.1. The highest BCUT2D eigenvalue weighted by Crippen LogP contribution is 2.14. The van der Waals surface area contributed by atoms with E-state index in [1.165, 1.54) is 6.92 Å². The van der Waals surface area contributed by atoms with E-state index in [9.17, 15) is 24.3 Å². The Kier molecular flexibility index (Phi) is 5.48. The summed E-state index contributed by atoms with van der Waals surface area (Å²) in [6.07, 6.45) is -2.35. The van der Waals surface area contributed by atoms with E-state index in [2.05, 4.69) is 10.2 Å². The van der Waals surface area contributed by atoms with Crippen LogP contribution in [-0.4, -0.2) is 51.8 Å². The van der Waals surface area contributed by atoms with Crippen LogP contribution in [0.25, 0.3) is 0 Å². The number of ether oxygens (including phenoxy) is 1. The predicted molar refractivity (Wildman–Crippen MR) is 72.0 cm³/mol. The maximum absolute atomic E-state index is 11.9. The monoisotopic (exact) mass is 316 g/mol. The Balaban J connectivity index is 2.70. The number of aliphatic hydroxyl groups excluding tert-OH is 1. The average Bonchev–Trinajstić information content (AvgIpc) is 2.65. The van der Waals surface area contributed by atoms with Crippen molar-refractivity contribution in [3.63, 3.8) is 0 Å². The van der Waals surface area contributed by atoms with Crippen molar-refractivity contribution in [1.29, 1.82) is 0 Å². The minimum atomic E-state index is -1.48. The normalized spacial score (nSPS) is 18.0. The number of hydrogen-bond acceptors (Lipinski definition) is 7. The molecule has 1 unspecified atom stereocenters. The second kappa shape index (κ2) is 6.73. The third-order valence-corrected chi connectivity index (χ3v) is 2.60. The maximum Gasteiger partial charge on any atom is 0.408 e. The Labute approximate surface area is 127 Å². The number of amides is 3. The predicted octanol–water partition coefficient (Wildman–Crippen LogP) is -0.132. The van der Waals surface area contributed by atoms with Crippen LogP contribution in [0.2, 0.25) is 0 Å². The van der Waals surface area contributed by atoms with E-state index in [1.54, 1.807) is 20.8 Å². The van der Waals surface area contributed by atoms with Gasteiger partial charge in [-0.05, 0) is 27.7 Å². The Morgan fingerprint density at radius 3 is 2.14 bits per heavy atom. The zero-order chi connectivity index (χ0) is 17.1. The summed E-state index contributed by atoms with van der Waals surface area (Å²) in [5.41, 5.74) is -0.794. The molecule has 9 nitrogen and oxygen atoms in total. The van der Waals surface area contributed by atoms with Crippen molar-refractivity contribution in [3.05, 3.63) is 0 Å². The number of carbonyl (C=O) groups excluding carboxylic acids is 4. The summed E-state index contributed by atoms with van der Waals surface area (Å²) in [5.74, 6) is -2.44. The zero-order valence-electron chi connectivity index (χ0n) is 12.9. The van der Waals surface area contributed by atoms with E-state index >= 15 is 0 Å². The first kappa shape index (κ1) is 17.9. The lowest BCUT2D eigenvalue weighted by Crippen LogP contribution is -2.51. The quantitative estimate of drug-likeness (QED) is 0.692. The average molecular weight is 316 g/mol. The highest BCUT2D eigenvalue weighted by atomic mass is 16.7. The van der Waals surface area contributed by atoms with Crippen LogP contribution in [0.4, 0.5) is 4.79 Å². The van der Waals surface area contributed by atoms with Gasteiger partial charge < -0.3 is 20.0 Å². The largest absolute Gasteiger partial charge is 0.444 e. The van der Waals surface area contributed by atoms with Crippen LogP contribution in [-0.2, 0) is 24.0 Å². The minimum absolute atomic E-state index is 0.0506. The fourth-order valence-corrected chi connectivity index (χ4v) is 1.62.